The molecule has 2 rings (SSSR count). The van der Waals surface area contributed by atoms with Crippen molar-refractivity contribution in [1.82, 2.24) is 9.55 Å². The number of ether oxygens (including phenoxy) is 1. The van der Waals surface area contributed by atoms with E-state index >= 15 is 0 Å². The maximum Gasteiger partial charge on any atom is 0.330 e. The smallest absolute Gasteiger partial charge is 0.330 e. The first-order valence-corrected chi connectivity index (χ1v) is 9.82. The number of hydrogen-bond donors (Lipinski definition) is 2. The Morgan fingerprint density at radius 1 is 1.24 bits per heavy atom. The largest absolute Gasteiger partial charge is 0.385 e. The third-order valence-electron chi connectivity index (χ3n) is 4.62. The molecule has 0 bridgehead atoms. The number of benzene rings is 1. The fraction of sp³-hybridized carbons (Fsp3) is 0.476. The summed E-state index contributed by atoms with van der Waals surface area (Å²) in [5.74, 6) is -0.230. The summed E-state index contributed by atoms with van der Waals surface area (Å²) in [4.78, 5) is 41.8. The molecule has 3 N–H and O–H groups in total. The zero-order chi connectivity index (χ0) is 21.6. The lowest BCUT2D eigenvalue weighted by molar-refractivity contribution is 0.0983. The number of nitrogens with one attached hydrogen (secondary N) is 1. The van der Waals surface area contributed by atoms with Gasteiger partial charge in [0.15, 0.2) is 5.69 Å². The molecular weight excluding hydrogens is 372 g/mol. The Bertz CT molecular complexity index is 945. The highest BCUT2D eigenvalue weighted by Gasteiger charge is 2.25. The molecule has 1 aromatic heterocycles. The zero-order valence-corrected chi connectivity index (χ0v) is 17.5. The molecule has 0 saturated carbocycles. The third-order valence-corrected chi connectivity index (χ3v) is 4.62. The Labute approximate surface area is 170 Å². The van der Waals surface area contributed by atoms with Crippen LogP contribution in [0.2, 0.25) is 0 Å². The van der Waals surface area contributed by atoms with Crippen LogP contribution in [0.1, 0.15) is 43.1 Å². The van der Waals surface area contributed by atoms with Gasteiger partial charge in [-0.25, -0.2) is 4.79 Å². The van der Waals surface area contributed by atoms with E-state index in [4.69, 9.17) is 10.5 Å². The maximum absolute atomic E-state index is 13.3. The third kappa shape index (κ3) is 5.35. The molecule has 1 heterocycles. The minimum Gasteiger partial charge on any atom is -0.385 e. The van der Waals surface area contributed by atoms with Gasteiger partial charge in [-0.05, 0) is 36.5 Å². The van der Waals surface area contributed by atoms with Gasteiger partial charge in [0.05, 0.1) is 0 Å². The minimum absolute atomic E-state index is 0.00841. The van der Waals surface area contributed by atoms with Crippen molar-refractivity contribution in [3.63, 3.8) is 0 Å². The molecule has 1 amide bonds. The first-order valence-electron chi connectivity index (χ1n) is 9.82. The maximum atomic E-state index is 13.3. The Balaban J connectivity index is 2.55. The van der Waals surface area contributed by atoms with Crippen molar-refractivity contribution >= 4 is 17.4 Å². The molecule has 0 radical (unpaired) electrons. The predicted molar refractivity (Wildman–Crippen MR) is 115 cm³/mol. The van der Waals surface area contributed by atoms with Gasteiger partial charge < -0.3 is 15.4 Å². The van der Waals surface area contributed by atoms with Crippen molar-refractivity contribution in [1.29, 1.82) is 0 Å². The molecule has 0 spiro atoms. The fourth-order valence-electron chi connectivity index (χ4n) is 3.11. The Morgan fingerprint density at radius 3 is 2.45 bits per heavy atom. The number of aromatic amines is 1. The molecular formula is C21H30N4O4. The lowest BCUT2D eigenvalue weighted by Crippen LogP contribution is -2.42. The molecule has 8 nitrogen and oxygen atoms in total. The van der Waals surface area contributed by atoms with Gasteiger partial charge in [-0.1, -0.05) is 32.9 Å². The average molecular weight is 402 g/mol. The summed E-state index contributed by atoms with van der Waals surface area (Å²) in [6.45, 7) is 6.89. The van der Waals surface area contributed by atoms with E-state index in [9.17, 15) is 14.4 Å². The second-order valence-corrected chi connectivity index (χ2v) is 7.35. The second-order valence-electron chi connectivity index (χ2n) is 7.35. The topological polar surface area (TPSA) is 110 Å². The van der Waals surface area contributed by atoms with Gasteiger partial charge in [0.1, 0.15) is 5.82 Å². The van der Waals surface area contributed by atoms with Crippen LogP contribution in [-0.2, 0) is 17.7 Å². The summed E-state index contributed by atoms with van der Waals surface area (Å²) in [7, 11) is 1.57. The van der Waals surface area contributed by atoms with Gasteiger partial charge in [-0.15, -0.1) is 0 Å². The quantitative estimate of drug-likeness (QED) is 0.624. The molecule has 0 atom stereocenters. The molecule has 1 aromatic carbocycles. The SMILES string of the molecule is CCc1ccc(C(=O)N(CCCOC)c2c(N)n(CC(C)C)c(=O)[nH]c2=O)cc1. The first kappa shape index (κ1) is 22.4. The van der Waals surface area contributed by atoms with Crippen molar-refractivity contribution in [2.24, 2.45) is 5.92 Å². The number of aromatic nitrogens is 2. The lowest BCUT2D eigenvalue weighted by Gasteiger charge is -2.25. The highest BCUT2D eigenvalue weighted by molar-refractivity contribution is 6.07. The normalized spacial score (nSPS) is 11.1. The van der Waals surface area contributed by atoms with Gasteiger partial charge in [-0.3, -0.25) is 19.1 Å². The van der Waals surface area contributed by atoms with E-state index in [1.165, 1.54) is 9.47 Å². The van der Waals surface area contributed by atoms with Gasteiger partial charge in [0, 0.05) is 32.4 Å². The molecule has 29 heavy (non-hydrogen) atoms. The van der Waals surface area contributed by atoms with E-state index in [0.717, 1.165) is 12.0 Å². The number of rotatable bonds is 9. The monoisotopic (exact) mass is 402 g/mol. The van der Waals surface area contributed by atoms with Crippen LogP contribution in [0.25, 0.3) is 0 Å². The van der Waals surface area contributed by atoms with Crippen LogP contribution in [0, 0.1) is 5.92 Å². The number of carbonyl (C=O) groups excluding carboxylic acids is 1. The van der Waals surface area contributed by atoms with Crippen LogP contribution in [0.5, 0.6) is 0 Å². The van der Waals surface area contributed by atoms with Crippen molar-refractivity contribution in [3.8, 4) is 0 Å². The standard InChI is InChI=1S/C21H30N4O4/c1-5-15-7-9-16(10-8-15)20(27)24(11-6-12-29-4)17-18(22)25(13-14(2)3)21(28)23-19(17)26/h7-10,14H,5-6,11-13,22H2,1-4H3,(H,23,26,28). The van der Waals surface area contributed by atoms with E-state index in [2.05, 4.69) is 4.98 Å². The number of anilines is 2. The van der Waals surface area contributed by atoms with Crippen LogP contribution in [0.15, 0.2) is 33.9 Å². The van der Waals surface area contributed by atoms with E-state index < -0.39 is 11.2 Å². The summed E-state index contributed by atoms with van der Waals surface area (Å²) < 4.78 is 6.39. The van der Waals surface area contributed by atoms with Gasteiger partial charge >= 0.3 is 5.69 Å². The number of amides is 1. The number of nitrogen functional groups attached to an aromatic ring is 1. The van der Waals surface area contributed by atoms with E-state index in [1.807, 2.05) is 32.9 Å². The molecule has 2 aromatic rings. The molecule has 0 saturated heterocycles. The second kappa shape index (κ2) is 10.1. The van der Waals surface area contributed by atoms with Crippen molar-refractivity contribution in [3.05, 3.63) is 56.2 Å². The number of carbonyl (C=O) groups is 1. The molecule has 0 aliphatic carbocycles. The summed E-state index contributed by atoms with van der Waals surface area (Å²) in [6.07, 6.45) is 1.37. The lowest BCUT2D eigenvalue weighted by atomic mass is 10.1. The molecule has 0 aliphatic heterocycles. The number of nitrogens with zero attached hydrogens (tertiary/aromatic N) is 2. The van der Waals surface area contributed by atoms with Crippen LogP contribution in [0.3, 0.4) is 0 Å². The number of H-pyrrole nitrogens is 1. The van der Waals surface area contributed by atoms with Crippen LogP contribution in [0.4, 0.5) is 11.5 Å². The Hall–Kier alpha value is -2.87. The molecule has 158 valence electrons. The van der Waals surface area contributed by atoms with E-state index in [0.29, 0.717) is 25.1 Å². The van der Waals surface area contributed by atoms with Gasteiger partial charge in [0.25, 0.3) is 11.5 Å². The molecule has 0 fully saturated rings. The number of nitrogens with two attached hydrogens (primary N) is 1. The summed E-state index contributed by atoms with van der Waals surface area (Å²) in [6, 6.07) is 7.24. The molecule has 0 aliphatic rings. The van der Waals surface area contributed by atoms with Crippen molar-refractivity contribution in [2.45, 2.75) is 40.2 Å². The predicted octanol–water partition coefficient (Wildman–Crippen LogP) is 2.02. The van der Waals surface area contributed by atoms with E-state index in [1.54, 1.807) is 19.2 Å². The summed E-state index contributed by atoms with van der Waals surface area (Å²) in [5, 5.41) is 0. The average Bonchev–Trinajstić information content (AvgIpc) is 2.69. The number of hydrogen-bond acceptors (Lipinski definition) is 5. The van der Waals surface area contributed by atoms with Crippen molar-refractivity contribution in [2.75, 3.05) is 30.9 Å². The summed E-state index contributed by atoms with van der Waals surface area (Å²) >= 11 is 0. The first-order chi connectivity index (χ1) is 13.8. The summed E-state index contributed by atoms with van der Waals surface area (Å²) in [5.41, 5.74) is 6.50. The van der Waals surface area contributed by atoms with Crippen LogP contribution in [-0.4, -0.2) is 35.7 Å². The van der Waals surface area contributed by atoms with Gasteiger partial charge in [-0.2, -0.15) is 0 Å². The number of aryl methyl sites for hydroxylation is 1. The van der Waals surface area contributed by atoms with Crippen LogP contribution < -0.4 is 21.9 Å². The van der Waals surface area contributed by atoms with Crippen molar-refractivity contribution < 1.29 is 9.53 Å². The highest BCUT2D eigenvalue weighted by atomic mass is 16.5. The zero-order valence-electron chi connectivity index (χ0n) is 17.5. The molecule has 8 heteroatoms. The van der Waals surface area contributed by atoms with Gasteiger partial charge in [0.2, 0.25) is 0 Å². The minimum atomic E-state index is -0.677. The van der Waals surface area contributed by atoms with E-state index in [-0.39, 0.29) is 29.9 Å². The Morgan fingerprint density at radius 2 is 1.90 bits per heavy atom. The number of methoxy groups -OCH3 is 1. The fourth-order valence-corrected chi connectivity index (χ4v) is 3.11. The Kier molecular flexibility index (Phi) is 7.78. The molecule has 0 unspecified atom stereocenters. The highest BCUT2D eigenvalue weighted by Crippen LogP contribution is 2.21. The van der Waals surface area contributed by atoms with Crippen LogP contribution >= 0.6 is 0 Å².